The summed E-state index contributed by atoms with van der Waals surface area (Å²) in [5, 5.41) is -0.762. The van der Waals surface area contributed by atoms with Crippen molar-refractivity contribution in [2.45, 2.75) is 37.3 Å². The molecule has 0 aromatic heterocycles. The van der Waals surface area contributed by atoms with Crippen LogP contribution < -0.4 is 9.80 Å². The summed E-state index contributed by atoms with van der Waals surface area (Å²) in [4.78, 5) is 4.65. The van der Waals surface area contributed by atoms with Crippen molar-refractivity contribution in [1.29, 1.82) is 0 Å². The molecule has 0 fully saturated rings. The number of hydrogen-bond acceptors (Lipinski definition) is 4. The van der Waals surface area contributed by atoms with E-state index in [9.17, 15) is 8.42 Å². The molecule has 0 aliphatic rings. The first-order chi connectivity index (χ1) is 15.3. The number of nitrogens with zero attached hydrogens (tertiary/aromatic N) is 2. The van der Waals surface area contributed by atoms with Crippen LogP contribution in [0, 0.1) is 0 Å². The van der Waals surface area contributed by atoms with Gasteiger partial charge in [0.2, 0.25) is 0 Å². The Morgan fingerprint density at radius 1 is 0.781 bits per heavy atom. The van der Waals surface area contributed by atoms with Gasteiger partial charge in [-0.05, 0) is 73.4 Å². The van der Waals surface area contributed by atoms with Crippen LogP contribution in [0.1, 0.15) is 42.7 Å². The Morgan fingerprint density at radius 2 is 1.38 bits per heavy atom. The largest absolute Gasteiger partial charge is 0.378 e. The Morgan fingerprint density at radius 3 is 1.91 bits per heavy atom. The molecular formula is C27H34N2O2S. The molecule has 0 aliphatic carbocycles. The molecule has 0 heterocycles. The molecule has 4 nitrogen and oxygen atoms in total. The lowest BCUT2D eigenvalue weighted by Gasteiger charge is -2.26. The summed E-state index contributed by atoms with van der Waals surface area (Å²) in [7, 11) is 0.317. The molecular weight excluding hydrogens is 416 g/mol. The Labute approximate surface area is 193 Å². The topological polar surface area (TPSA) is 40.6 Å². The van der Waals surface area contributed by atoms with Crippen LogP contribution in [-0.4, -0.2) is 35.6 Å². The zero-order valence-corrected chi connectivity index (χ0v) is 20.6. The van der Waals surface area contributed by atoms with E-state index < -0.39 is 15.1 Å². The monoisotopic (exact) mass is 450 g/mol. The highest BCUT2D eigenvalue weighted by molar-refractivity contribution is 7.92. The lowest BCUT2D eigenvalue weighted by molar-refractivity contribution is 0.588. The minimum Gasteiger partial charge on any atom is -0.378 e. The van der Waals surface area contributed by atoms with E-state index in [0.29, 0.717) is 4.90 Å². The van der Waals surface area contributed by atoms with Crippen molar-refractivity contribution >= 4 is 21.2 Å². The predicted octanol–water partition coefficient (Wildman–Crippen LogP) is 5.72. The number of benzene rings is 3. The Bertz CT molecular complexity index is 1120. The fourth-order valence-electron chi connectivity index (χ4n) is 4.16. The van der Waals surface area contributed by atoms with Gasteiger partial charge in [0.15, 0.2) is 9.84 Å². The third-order valence-corrected chi connectivity index (χ3v) is 8.09. The van der Waals surface area contributed by atoms with Crippen LogP contribution in [0.2, 0.25) is 0 Å². The van der Waals surface area contributed by atoms with Crippen LogP contribution in [0.3, 0.4) is 0 Å². The molecule has 0 radical (unpaired) electrons. The molecule has 3 aromatic rings. The quantitative estimate of drug-likeness (QED) is 0.418. The Hall–Kier alpha value is -2.79. The summed E-state index contributed by atoms with van der Waals surface area (Å²) in [6.45, 7) is 8.19. The third kappa shape index (κ3) is 4.83. The van der Waals surface area contributed by atoms with Gasteiger partial charge in [-0.25, -0.2) is 8.42 Å². The molecule has 32 heavy (non-hydrogen) atoms. The lowest BCUT2D eigenvalue weighted by Crippen LogP contribution is -2.22. The molecule has 170 valence electrons. The second-order valence-corrected chi connectivity index (χ2v) is 10.2. The van der Waals surface area contributed by atoms with Crippen LogP contribution in [-0.2, 0) is 16.3 Å². The molecule has 1 atom stereocenters. The van der Waals surface area contributed by atoms with Crippen LogP contribution in [0.25, 0.3) is 0 Å². The number of aryl methyl sites for hydroxylation is 1. The molecule has 0 N–H and O–H groups in total. The van der Waals surface area contributed by atoms with Gasteiger partial charge in [-0.3, -0.25) is 0 Å². The van der Waals surface area contributed by atoms with Crippen LogP contribution in [0.5, 0.6) is 0 Å². The second kappa shape index (κ2) is 10.2. The van der Waals surface area contributed by atoms with Crippen molar-refractivity contribution in [3.05, 3.63) is 89.5 Å². The van der Waals surface area contributed by atoms with Crippen LogP contribution in [0.15, 0.2) is 77.7 Å². The molecule has 0 saturated carbocycles. The van der Waals surface area contributed by atoms with E-state index in [2.05, 4.69) is 37.8 Å². The van der Waals surface area contributed by atoms with Crippen LogP contribution >= 0.6 is 0 Å². The van der Waals surface area contributed by atoms with E-state index in [1.807, 2.05) is 55.4 Å². The maximum atomic E-state index is 13.9. The van der Waals surface area contributed by atoms with E-state index in [1.165, 1.54) is 0 Å². The normalized spacial score (nSPS) is 12.4. The number of anilines is 2. The highest BCUT2D eigenvalue weighted by Crippen LogP contribution is 2.38. The first-order valence-electron chi connectivity index (χ1n) is 11.3. The zero-order valence-electron chi connectivity index (χ0n) is 19.7. The van der Waals surface area contributed by atoms with E-state index in [-0.39, 0.29) is 0 Å². The number of hydrogen-bond donors (Lipinski definition) is 0. The molecule has 0 spiro atoms. The Balaban J connectivity index is 2.21. The lowest BCUT2D eigenvalue weighted by atomic mass is 9.96. The molecule has 0 aliphatic heterocycles. The van der Waals surface area contributed by atoms with Crippen molar-refractivity contribution < 1.29 is 8.42 Å². The van der Waals surface area contributed by atoms with E-state index in [1.54, 1.807) is 24.3 Å². The smallest absolute Gasteiger partial charge is 0.189 e. The van der Waals surface area contributed by atoms with Crippen molar-refractivity contribution in [1.82, 2.24) is 0 Å². The van der Waals surface area contributed by atoms with Crippen molar-refractivity contribution in [3.8, 4) is 0 Å². The van der Waals surface area contributed by atoms with E-state index in [4.69, 9.17) is 0 Å². The molecule has 5 heteroatoms. The standard InChI is InChI=1S/C27H34N2O2S/c1-6-21-20-24(29(7-2)8-3)18-19-26(21)27(22-14-16-23(17-15-22)28(4)5)32(30,31)25-12-10-9-11-13-25/h9-20,27H,6-8H2,1-5H3. The molecule has 0 bridgehead atoms. The maximum Gasteiger partial charge on any atom is 0.189 e. The van der Waals surface area contributed by atoms with Gasteiger partial charge in [0, 0.05) is 38.6 Å². The first kappa shape index (κ1) is 23.9. The molecule has 1 unspecified atom stereocenters. The van der Waals surface area contributed by atoms with Gasteiger partial charge < -0.3 is 9.80 Å². The average Bonchev–Trinajstić information content (AvgIpc) is 2.81. The number of sulfone groups is 1. The van der Waals surface area contributed by atoms with Gasteiger partial charge in [0.1, 0.15) is 5.25 Å². The molecule has 0 amide bonds. The second-order valence-electron chi connectivity index (χ2n) is 8.13. The van der Waals surface area contributed by atoms with Crippen molar-refractivity contribution in [2.75, 3.05) is 37.0 Å². The van der Waals surface area contributed by atoms with E-state index >= 15 is 0 Å². The van der Waals surface area contributed by atoms with Crippen molar-refractivity contribution in [3.63, 3.8) is 0 Å². The van der Waals surface area contributed by atoms with Crippen LogP contribution in [0.4, 0.5) is 11.4 Å². The van der Waals surface area contributed by atoms with Crippen molar-refractivity contribution in [2.24, 2.45) is 0 Å². The van der Waals surface area contributed by atoms with Gasteiger partial charge >= 0.3 is 0 Å². The Kier molecular flexibility index (Phi) is 7.62. The highest BCUT2D eigenvalue weighted by atomic mass is 32.2. The summed E-state index contributed by atoms with van der Waals surface area (Å²) >= 11 is 0. The maximum absolute atomic E-state index is 13.9. The van der Waals surface area contributed by atoms with Gasteiger partial charge in [-0.15, -0.1) is 0 Å². The number of rotatable bonds is 9. The van der Waals surface area contributed by atoms with Gasteiger partial charge in [0.05, 0.1) is 4.90 Å². The summed E-state index contributed by atoms with van der Waals surface area (Å²) in [6.07, 6.45) is 0.765. The van der Waals surface area contributed by atoms with Gasteiger partial charge in [-0.1, -0.05) is 43.3 Å². The summed E-state index contributed by atoms with van der Waals surface area (Å²) in [5.41, 5.74) is 4.87. The molecule has 0 saturated heterocycles. The minimum atomic E-state index is -3.64. The highest BCUT2D eigenvalue weighted by Gasteiger charge is 2.32. The summed E-state index contributed by atoms with van der Waals surface area (Å²) in [5.74, 6) is 0. The average molecular weight is 451 g/mol. The minimum absolute atomic E-state index is 0.344. The molecule has 3 aromatic carbocycles. The fourth-order valence-corrected chi connectivity index (χ4v) is 6.05. The zero-order chi connectivity index (χ0) is 23.3. The third-order valence-electron chi connectivity index (χ3n) is 6.01. The fraction of sp³-hybridized carbons (Fsp3) is 0.333. The predicted molar refractivity (Wildman–Crippen MR) is 136 cm³/mol. The first-order valence-corrected chi connectivity index (χ1v) is 12.8. The van der Waals surface area contributed by atoms with E-state index in [0.717, 1.165) is 47.6 Å². The van der Waals surface area contributed by atoms with Gasteiger partial charge in [0.25, 0.3) is 0 Å². The summed E-state index contributed by atoms with van der Waals surface area (Å²) in [6, 6.07) is 22.9. The van der Waals surface area contributed by atoms with Gasteiger partial charge in [-0.2, -0.15) is 0 Å². The SMILES string of the molecule is CCc1cc(N(CC)CC)ccc1C(c1ccc(N(C)C)cc1)S(=O)(=O)c1ccccc1. The summed E-state index contributed by atoms with van der Waals surface area (Å²) < 4.78 is 27.9. The molecule has 3 rings (SSSR count).